The van der Waals surface area contributed by atoms with Gasteiger partial charge in [0.05, 0.1) is 0 Å². The van der Waals surface area contributed by atoms with E-state index in [1.807, 2.05) is 0 Å². The SMILES string of the molecule is Cc1ccc(C(C)(C)CCO)cc1.[CH2-]C(C)(C)c1ccc(C)cc1.[CH3-].[Mn+2]. The summed E-state index contributed by atoms with van der Waals surface area (Å²) in [7, 11) is 0. The molecule has 0 saturated carbocycles. The normalized spacial score (nSPS) is 10.8. The zero-order valence-corrected chi connectivity index (χ0v) is 18.7. The van der Waals surface area contributed by atoms with E-state index in [9.17, 15) is 0 Å². The van der Waals surface area contributed by atoms with Gasteiger partial charge in [-0.2, -0.15) is 0 Å². The summed E-state index contributed by atoms with van der Waals surface area (Å²) in [4.78, 5) is 0. The van der Waals surface area contributed by atoms with Crippen molar-refractivity contribution in [3.05, 3.63) is 85.1 Å². The van der Waals surface area contributed by atoms with Crippen molar-refractivity contribution in [3.8, 4) is 0 Å². The molecule has 2 aromatic carbocycles. The first-order valence-corrected chi connectivity index (χ1v) is 8.67. The molecule has 2 aromatic rings. The molecule has 0 amide bonds. The summed E-state index contributed by atoms with van der Waals surface area (Å²) in [5, 5.41) is 8.92. The van der Waals surface area contributed by atoms with Gasteiger partial charge in [-0.25, -0.2) is 0 Å². The largest absolute Gasteiger partial charge is 2.00 e. The van der Waals surface area contributed by atoms with Crippen LogP contribution in [0.3, 0.4) is 0 Å². The Morgan fingerprint density at radius 2 is 1.12 bits per heavy atom. The minimum Gasteiger partial charge on any atom is -0.396 e. The van der Waals surface area contributed by atoms with Gasteiger partial charge in [-0.1, -0.05) is 92.9 Å². The predicted molar refractivity (Wildman–Crippen MR) is 112 cm³/mol. The standard InChI is InChI=1S/C12H18O.C11H15.CH3.Mn/c1-10-4-6-11(7-5-10)12(2,3)8-9-13;1-9-5-7-10(8-6-9)11(2,3)4;;/h4-7,13H,8-9H2,1-3H3;5-8H,2H2,1,3-4H3;1H3;/q;2*-1;+2. The second-order valence-corrected chi connectivity index (χ2v) is 7.97. The van der Waals surface area contributed by atoms with Crippen LogP contribution < -0.4 is 0 Å². The molecule has 0 heterocycles. The van der Waals surface area contributed by atoms with Crippen molar-refractivity contribution in [2.45, 2.75) is 58.8 Å². The number of hydrogen-bond acceptors (Lipinski definition) is 1. The predicted octanol–water partition coefficient (Wildman–Crippen LogP) is 6.21. The van der Waals surface area contributed by atoms with Gasteiger partial charge in [0.1, 0.15) is 0 Å². The van der Waals surface area contributed by atoms with Crippen LogP contribution in [0, 0.1) is 28.2 Å². The van der Waals surface area contributed by atoms with Crippen LogP contribution in [0.1, 0.15) is 56.4 Å². The molecule has 0 atom stereocenters. The van der Waals surface area contributed by atoms with E-state index in [2.05, 4.69) is 97.0 Å². The van der Waals surface area contributed by atoms with E-state index in [4.69, 9.17) is 5.11 Å². The first-order valence-electron chi connectivity index (χ1n) is 8.67. The maximum Gasteiger partial charge on any atom is 2.00 e. The fraction of sp³-hybridized carbons (Fsp3) is 0.417. The summed E-state index contributed by atoms with van der Waals surface area (Å²) in [6.45, 7) is 17.1. The summed E-state index contributed by atoms with van der Waals surface area (Å²) in [6.07, 6.45) is 0.816. The van der Waals surface area contributed by atoms with Crippen LogP contribution in [0.15, 0.2) is 48.5 Å². The van der Waals surface area contributed by atoms with E-state index < -0.39 is 0 Å². The van der Waals surface area contributed by atoms with Crippen LogP contribution in [0.4, 0.5) is 0 Å². The van der Waals surface area contributed by atoms with E-state index in [0.29, 0.717) is 0 Å². The number of aliphatic hydroxyl groups is 1. The van der Waals surface area contributed by atoms with Crippen LogP contribution >= 0.6 is 0 Å². The molecule has 0 aliphatic carbocycles. The molecule has 0 aromatic heterocycles. The Morgan fingerprint density at radius 3 is 1.42 bits per heavy atom. The molecule has 2 rings (SSSR count). The van der Waals surface area contributed by atoms with Crippen molar-refractivity contribution in [2.75, 3.05) is 6.61 Å². The van der Waals surface area contributed by atoms with Crippen molar-refractivity contribution in [2.24, 2.45) is 0 Å². The average molecular weight is 395 g/mol. The average Bonchev–Trinajstić information content (AvgIpc) is 2.48. The van der Waals surface area contributed by atoms with Gasteiger partial charge in [-0.05, 0) is 31.2 Å². The van der Waals surface area contributed by atoms with Crippen LogP contribution in [0.5, 0.6) is 0 Å². The summed E-state index contributed by atoms with van der Waals surface area (Å²) in [5.74, 6) is 0. The van der Waals surface area contributed by atoms with Gasteiger partial charge in [0.2, 0.25) is 0 Å². The Hall–Kier alpha value is -1.08. The van der Waals surface area contributed by atoms with Gasteiger partial charge in [-0.3, -0.25) is 0 Å². The molecule has 26 heavy (non-hydrogen) atoms. The fourth-order valence-corrected chi connectivity index (χ4v) is 2.43. The quantitative estimate of drug-likeness (QED) is 0.482. The molecule has 0 aliphatic heterocycles. The van der Waals surface area contributed by atoms with Gasteiger partial charge in [0.25, 0.3) is 0 Å². The Bertz CT molecular complexity index is 604. The topological polar surface area (TPSA) is 20.2 Å². The van der Waals surface area contributed by atoms with Gasteiger partial charge in [0.15, 0.2) is 0 Å². The molecule has 0 bridgehead atoms. The molecular weight excluding hydrogens is 359 g/mol. The van der Waals surface area contributed by atoms with E-state index in [1.54, 1.807) is 0 Å². The molecule has 1 N–H and O–H groups in total. The Kier molecular flexibility index (Phi) is 12.1. The third-order valence-corrected chi connectivity index (χ3v) is 4.40. The number of benzene rings is 2. The number of rotatable bonds is 4. The molecule has 1 radical (unpaired) electrons. The summed E-state index contributed by atoms with van der Waals surface area (Å²) < 4.78 is 0. The Labute approximate surface area is 172 Å². The summed E-state index contributed by atoms with van der Waals surface area (Å²) in [5.41, 5.74) is 5.30. The first kappa shape index (κ1) is 27.1. The molecule has 0 fully saturated rings. The Morgan fingerprint density at radius 1 is 0.769 bits per heavy atom. The van der Waals surface area contributed by atoms with Crippen molar-refractivity contribution in [1.29, 1.82) is 0 Å². The van der Waals surface area contributed by atoms with Gasteiger partial charge in [-0.15, -0.1) is 5.41 Å². The molecule has 0 spiro atoms. The van der Waals surface area contributed by atoms with Crippen LogP contribution in [0.2, 0.25) is 0 Å². The number of hydrogen-bond donors (Lipinski definition) is 1. The monoisotopic (exact) mass is 395 g/mol. The van der Waals surface area contributed by atoms with Gasteiger partial charge < -0.3 is 19.5 Å². The third-order valence-electron chi connectivity index (χ3n) is 4.40. The maximum absolute atomic E-state index is 8.92. The van der Waals surface area contributed by atoms with Crippen molar-refractivity contribution in [3.63, 3.8) is 0 Å². The Balaban J connectivity index is 0. The summed E-state index contributed by atoms with van der Waals surface area (Å²) >= 11 is 0. The van der Waals surface area contributed by atoms with Gasteiger partial charge >= 0.3 is 17.1 Å². The molecule has 0 saturated heterocycles. The minimum atomic E-state index is 0. The number of aliphatic hydroxyl groups excluding tert-OH is 1. The maximum atomic E-state index is 8.92. The first-order chi connectivity index (χ1) is 11.1. The van der Waals surface area contributed by atoms with E-state index >= 15 is 0 Å². The van der Waals surface area contributed by atoms with Crippen molar-refractivity contribution >= 4 is 0 Å². The van der Waals surface area contributed by atoms with Crippen molar-refractivity contribution < 1.29 is 22.2 Å². The van der Waals surface area contributed by atoms with E-state index in [-0.39, 0.29) is 41.9 Å². The minimum absolute atomic E-state index is 0. The van der Waals surface area contributed by atoms with Crippen LogP contribution in [0.25, 0.3) is 0 Å². The molecule has 2 heteroatoms. The van der Waals surface area contributed by atoms with Gasteiger partial charge in [0, 0.05) is 6.61 Å². The van der Waals surface area contributed by atoms with Crippen molar-refractivity contribution in [1.82, 2.24) is 0 Å². The molecule has 0 unspecified atom stereocenters. The van der Waals surface area contributed by atoms with Crippen LogP contribution in [-0.4, -0.2) is 11.7 Å². The second-order valence-electron chi connectivity index (χ2n) is 7.97. The van der Waals surface area contributed by atoms with E-state index in [0.717, 1.165) is 6.42 Å². The van der Waals surface area contributed by atoms with E-state index in [1.165, 1.54) is 22.3 Å². The smallest absolute Gasteiger partial charge is 0.396 e. The second kappa shape index (κ2) is 11.6. The molecule has 145 valence electrons. The molecule has 1 nitrogen and oxygen atoms in total. The number of aryl methyl sites for hydroxylation is 2. The zero-order chi connectivity index (χ0) is 18.4. The molecule has 0 aliphatic rings. The third kappa shape index (κ3) is 9.03. The fourth-order valence-electron chi connectivity index (χ4n) is 2.43. The molecular formula is C24H36MnO. The van der Waals surface area contributed by atoms with Crippen LogP contribution in [-0.2, 0) is 27.9 Å². The zero-order valence-electron chi connectivity index (χ0n) is 17.6. The summed E-state index contributed by atoms with van der Waals surface area (Å²) in [6, 6.07) is 17.1.